The molecule has 1 aromatic carbocycles. The summed E-state index contributed by atoms with van der Waals surface area (Å²) in [4.78, 5) is 17.3. The standard InChI is InChI=1S/C20H30BrN3O3S/c1-2-24(18-6-4-3-5-7-18)20(25)16-22-12-14-23(15-13-22)28(26,27)19-10-8-17(21)9-11-19/h8-11,18H,2-7,12-16H2,1H3. The minimum absolute atomic E-state index is 0.179. The van der Waals surface area contributed by atoms with E-state index in [9.17, 15) is 13.2 Å². The van der Waals surface area contributed by atoms with Gasteiger partial charge in [-0.3, -0.25) is 9.69 Å². The summed E-state index contributed by atoms with van der Waals surface area (Å²) >= 11 is 3.33. The summed E-state index contributed by atoms with van der Waals surface area (Å²) in [6.07, 6.45) is 5.91. The van der Waals surface area contributed by atoms with Crippen LogP contribution >= 0.6 is 15.9 Å². The van der Waals surface area contributed by atoms with Crippen LogP contribution in [0, 0.1) is 0 Å². The Morgan fingerprint density at radius 3 is 2.25 bits per heavy atom. The van der Waals surface area contributed by atoms with Gasteiger partial charge in [-0.15, -0.1) is 0 Å². The van der Waals surface area contributed by atoms with E-state index in [4.69, 9.17) is 0 Å². The van der Waals surface area contributed by atoms with E-state index in [2.05, 4.69) is 27.8 Å². The van der Waals surface area contributed by atoms with E-state index in [1.165, 1.54) is 23.6 Å². The summed E-state index contributed by atoms with van der Waals surface area (Å²) in [7, 11) is -3.48. The number of carbonyl (C=O) groups is 1. The Labute approximate surface area is 177 Å². The molecule has 8 heteroatoms. The van der Waals surface area contributed by atoms with Crippen molar-refractivity contribution in [3.8, 4) is 0 Å². The second kappa shape index (κ2) is 9.69. The molecular formula is C20H30BrN3O3S. The van der Waals surface area contributed by atoms with Crippen LogP contribution in [0.1, 0.15) is 39.0 Å². The zero-order chi connectivity index (χ0) is 20.1. The molecule has 0 unspecified atom stereocenters. The molecule has 28 heavy (non-hydrogen) atoms. The topological polar surface area (TPSA) is 60.9 Å². The molecule has 6 nitrogen and oxygen atoms in total. The van der Waals surface area contributed by atoms with Crippen LogP contribution in [0.5, 0.6) is 0 Å². The second-order valence-corrected chi connectivity index (χ2v) is 10.5. The highest BCUT2D eigenvalue weighted by atomic mass is 79.9. The molecule has 1 saturated heterocycles. The third kappa shape index (κ3) is 5.14. The Morgan fingerprint density at radius 1 is 1.07 bits per heavy atom. The van der Waals surface area contributed by atoms with Crippen molar-refractivity contribution >= 4 is 31.9 Å². The molecule has 1 amide bonds. The van der Waals surface area contributed by atoms with Gasteiger partial charge in [-0.1, -0.05) is 35.2 Å². The predicted molar refractivity (Wildman–Crippen MR) is 114 cm³/mol. The Kier molecular flexibility index (Phi) is 7.53. The minimum atomic E-state index is -3.48. The number of hydrogen-bond acceptors (Lipinski definition) is 4. The van der Waals surface area contributed by atoms with Gasteiger partial charge in [0.15, 0.2) is 0 Å². The Morgan fingerprint density at radius 2 is 1.68 bits per heavy atom. The number of halogens is 1. The number of sulfonamides is 1. The first-order chi connectivity index (χ1) is 13.4. The van der Waals surface area contributed by atoms with Crippen LogP contribution < -0.4 is 0 Å². The molecule has 0 spiro atoms. The first-order valence-corrected chi connectivity index (χ1v) is 12.4. The molecule has 2 fully saturated rings. The maximum Gasteiger partial charge on any atom is 0.243 e. The zero-order valence-electron chi connectivity index (χ0n) is 16.5. The SMILES string of the molecule is CCN(C(=O)CN1CCN(S(=O)(=O)c2ccc(Br)cc2)CC1)C1CCCCC1. The van der Waals surface area contributed by atoms with E-state index in [0.29, 0.717) is 43.7 Å². The second-order valence-electron chi connectivity index (χ2n) is 7.61. The molecule has 1 aliphatic carbocycles. The van der Waals surface area contributed by atoms with Crippen molar-refractivity contribution < 1.29 is 13.2 Å². The van der Waals surface area contributed by atoms with E-state index in [1.807, 2.05) is 4.90 Å². The van der Waals surface area contributed by atoms with E-state index in [0.717, 1.165) is 23.9 Å². The van der Waals surface area contributed by atoms with Crippen LogP contribution in [-0.4, -0.2) is 73.7 Å². The number of likely N-dealkylation sites (N-methyl/N-ethyl adjacent to an activating group) is 1. The minimum Gasteiger partial charge on any atom is -0.339 e. The number of rotatable bonds is 6. The van der Waals surface area contributed by atoms with Crippen LogP contribution in [-0.2, 0) is 14.8 Å². The number of benzene rings is 1. The highest BCUT2D eigenvalue weighted by molar-refractivity contribution is 9.10. The molecule has 2 aliphatic rings. The van der Waals surface area contributed by atoms with Crippen molar-refractivity contribution in [3.05, 3.63) is 28.7 Å². The van der Waals surface area contributed by atoms with Gasteiger partial charge in [-0.25, -0.2) is 8.42 Å². The van der Waals surface area contributed by atoms with Gasteiger partial charge in [-0.2, -0.15) is 4.31 Å². The fraction of sp³-hybridized carbons (Fsp3) is 0.650. The zero-order valence-corrected chi connectivity index (χ0v) is 18.9. The van der Waals surface area contributed by atoms with Crippen molar-refractivity contribution in [1.82, 2.24) is 14.1 Å². The first kappa shape index (κ1) is 21.7. The van der Waals surface area contributed by atoms with Gasteiger partial charge < -0.3 is 4.90 Å². The van der Waals surface area contributed by atoms with Crippen molar-refractivity contribution in [2.45, 2.75) is 50.0 Å². The number of amides is 1. The summed E-state index contributed by atoms with van der Waals surface area (Å²) in [6.45, 7) is 5.20. The monoisotopic (exact) mass is 471 g/mol. The van der Waals surface area contributed by atoms with Gasteiger partial charge in [0.05, 0.1) is 11.4 Å². The van der Waals surface area contributed by atoms with Crippen LogP contribution in [0.3, 0.4) is 0 Å². The Balaban J connectivity index is 1.54. The van der Waals surface area contributed by atoms with Gasteiger partial charge >= 0.3 is 0 Å². The summed E-state index contributed by atoms with van der Waals surface area (Å²) in [5.74, 6) is 0.179. The van der Waals surface area contributed by atoms with Crippen LogP contribution in [0.2, 0.25) is 0 Å². The van der Waals surface area contributed by atoms with Crippen LogP contribution in [0.4, 0.5) is 0 Å². The Bertz CT molecular complexity index is 755. The van der Waals surface area contributed by atoms with E-state index in [-0.39, 0.29) is 5.91 Å². The molecule has 1 saturated carbocycles. The fourth-order valence-corrected chi connectivity index (χ4v) is 5.88. The molecule has 1 heterocycles. The maximum absolute atomic E-state index is 12.8. The number of nitrogens with zero attached hydrogens (tertiary/aromatic N) is 3. The Hall–Kier alpha value is -0.960. The highest BCUT2D eigenvalue weighted by Gasteiger charge is 2.30. The molecule has 1 aliphatic heterocycles. The van der Waals surface area contributed by atoms with Gasteiger partial charge in [0.1, 0.15) is 0 Å². The third-order valence-electron chi connectivity index (χ3n) is 5.82. The summed E-state index contributed by atoms with van der Waals surface area (Å²) in [6, 6.07) is 7.11. The lowest BCUT2D eigenvalue weighted by atomic mass is 9.94. The van der Waals surface area contributed by atoms with E-state index < -0.39 is 10.0 Å². The van der Waals surface area contributed by atoms with E-state index >= 15 is 0 Å². The highest BCUT2D eigenvalue weighted by Crippen LogP contribution is 2.23. The van der Waals surface area contributed by atoms with Gasteiger partial charge in [-0.05, 0) is 44.0 Å². The molecule has 156 valence electrons. The average Bonchev–Trinajstić information content (AvgIpc) is 2.70. The van der Waals surface area contributed by atoms with Crippen molar-refractivity contribution in [1.29, 1.82) is 0 Å². The van der Waals surface area contributed by atoms with Crippen molar-refractivity contribution in [2.24, 2.45) is 0 Å². The van der Waals surface area contributed by atoms with Crippen molar-refractivity contribution in [3.63, 3.8) is 0 Å². The molecule has 3 rings (SSSR count). The largest absolute Gasteiger partial charge is 0.339 e. The quantitative estimate of drug-likeness (QED) is 0.639. The summed E-state index contributed by atoms with van der Waals surface area (Å²) in [5.41, 5.74) is 0. The normalized spacial score (nSPS) is 20.2. The maximum atomic E-state index is 12.8. The lowest BCUT2D eigenvalue weighted by molar-refractivity contribution is -0.135. The average molecular weight is 472 g/mol. The number of carbonyl (C=O) groups excluding carboxylic acids is 1. The molecule has 0 atom stereocenters. The summed E-state index contributed by atoms with van der Waals surface area (Å²) < 4.78 is 28.0. The van der Waals surface area contributed by atoms with Gasteiger partial charge in [0, 0.05) is 43.2 Å². The third-order valence-corrected chi connectivity index (χ3v) is 8.26. The predicted octanol–water partition coefficient (Wildman–Crippen LogP) is 2.94. The lowest BCUT2D eigenvalue weighted by Gasteiger charge is -2.37. The van der Waals surface area contributed by atoms with Crippen LogP contribution in [0.15, 0.2) is 33.6 Å². The lowest BCUT2D eigenvalue weighted by Crippen LogP contribution is -2.52. The molecular weight excluding hydrogens is 442 g/mol. The first-order valence-electron chi connectivity index (χ1n) is 10.2. The van der Waals surface area contributed by atoms with Crippen molar-refractivity contribution in [2.75, 3.05) is 39.3 Å². The van der Waals surface area contributed by atoms with Gasteiger partial charge in [0.2, 0.25) is 15.9 Å². The van der Waals surface area contributed by atoms with E-state index in [1.54, 1.807) is 24.3 Å². The van der Waals surface area contributed by atoms with Crippen LogP contribution in [0.25, 0.3) is 0 Å². The summed E-state index contributed by atoms with van der Waals surface area (Å²) in [5, 5.41) is 0. The molecule has 0 radical (unpaired) electrons. The number of hydrogen-bond donors (Lipinski definition) is 0. The smallest absolute Gasteiger partial charge is 0.243 e. The number of piperazine rings is 1. The van der Waals surface area contributed by atoms with Gasteiger partial charge in [0.25, 0.3) is 0 Å². The molecule has 1 aromatic rings. The molecule has 0 aromatic heterocycles. The molecule has 0 bridgehead atoms. The fourth-order valence-electron chi connectivity index (χ4n) is 4.20. The molecule has 0 N–H and O–H groups in total.